The zero-order valence-corrected chi connectivity index (χ0v) is 11.8. The predicted molar refractivity (Wildman–Crippen MR) is 78.1 cm³/mol. The third-order valence-electron chi connectivity index (χ3n) is 2.68. The van der Waals surface area contributed by atoms with Crippen molar-refractivity contribution in [3.05, 3.63) is 64.2 Å². The van der Waals surface area contributed by atoms with E-state index in [1.54, 1.807) is 6.07 Å². The Labute approximate surface area is 126 Å². The van der Waals surface area contributed by atoms with Crippen LogP contribution in [0.1, 0.15) is 11.1 Å². The van der Waals surface area contributed by atoms with E-state index in [0.717, 1.165) is 0 Å². The van der Waals surface area contributed by atoms with Gasteiger partial charge in [0.05, 0.1) is 11.6 Å². The van der Waals surface area contributed by atoms with Crippen LogP contribution < -0.4 is 10.5 Å². The molecule has 0 atom stereocenters. The number of benzene rings is 2. The maximum absolute atomic E-state index is 13.7. The van der Waals surface area contributed by atoms with E-state index >= 15 is 0 Å². The third-order valence-corrected chi connectivity index (χ3v) is 2.97. The molecule has 0 amide bonds. The zero-order chi connectivity index (χ0) is 15.2. The summed E-state index contributed by atoms with van der Waals surface area (Å²) in [4.78, 5) is 0. The topological polar surface area (TPSA) is 35.2 Å². The highest BCUT2D eigenvalue weighted by atomic mass is 35.5. The molecule has 0 fully saturated rings. The average molecular weight is 308 g/mol. The molecule has 0 aliphatic carbocycles. The molecule has 2 aromatic carbocycles. The Hall–Kier alpha value is -2.09. The smallest absolute Gasteiger partial charge is 0.165 e. The van der Waals surface area contributed by atoms with Crippen molar-refractivity contribution in [1.29, 1.82) is 0 Å². The van der Waals surface area contributed by atoms with Gasteiger partial charge in [-0.1, -0.05) is 35.6 Å². The summed E-state index contributed by atoms with van der Waals surface area (Å²) in [6.07, 6.45) is 0. The van der Waals surface area contributed by atoms with Crippen LogP contribution in [0.15, 0.2) is 36.4 Å². The quantitative estimate of drug-likeness (QED) is 0.881. The molecule has 2 N–H and O–H groups in total. The van der Waals surface area contributed by atoms with Crippen LogP contribution in [0, 0.1) is 23.5 Å². The number of rotatable bonds is 3. The normalized spacial score (nSPS) is 9.90. The molecule has 2 nitrogen and oxygen atoms in total. The maximum Gasteiger partial charge on any atom is 0.165 e. The Balaban J connectivity index is 2.17. The van der Waals surface area contributed by atoms with Gasteiger partial charge < -0.3 is 10.5 Å². The van der Waals surface area contributed by atoms with Gasteiger partial charge in [-0.15, -0.1) is 0 Å². The Bertz CT molecular complexity index is 707. The number of ether oxygens (including phenoxy) is 1. The maximum atomic E-state index is 13.7. The fraction of sp³-hybridized carbons (Fsp3) is 0.125. The predicted octanol–water partition coefficient (Wildman–Crippen LogP) is 3.51. The van der Waals surface area contributed by atoms with Gasteiger partial charge in [-0.25, -0.2) is 8.78 Å². The molecule has 0 aromatic heterocycles. The molecule has 0 spiro atoms. The molecule has 0 aliphatic heterocycles. The van der Waals surface area contributed by atoms with E-state index in [9.17, 15) is 8.78 Å². The number of halogens is 3. The van der Waals surface area contributed by atoms with Crippen molar-refractivity contribution in [2.75, 3.05) is 6.54 Å². The molecule has 0 unspecified atom stereocenters. The van der Waals surface area contributed by atoms with Crippen molar-refractivity contribution >= 4 is 11.6 Å². The zero-order valence-electron chi connectivity index (χ0n) is 11.0. The minimum absolute atomic E-state index is 0.000801. The molecule has 0 saturated heterocycles. The van der Waals surface area contributed by atoms with Crippen molar-refractivity contribution in [1.82, 2.24) is 0 Å². The summed E-state index contributed by atoms with van der Waals surface area (Å²) in [5, 5.41) is -0.000801. The lowest BCUT2D eigenvalue weighted by molar-refractivity contribution is 0.284. The number of hydrogen-bond donors (Lipinski definition) is 1. The Kier molecular flexibility index (Phi) is 5.15. The van der Waals surface area contributed by atoms with Crippen molar-refractivity contribution in [2.24, 2.45) is 5.73 Å². The molecule has 0 bridgehead atoms. The molecule has 0 radical (unpaired) electrons. The van der Waals surface area contributed by atoms with Crippen LogP contribution in [-0.4, -0.2) is 6.54 Å². The van der Waals surface area contributed by atoms with Crippen molar-refractivity contribution in [3.63, 3.8) is 0 Å². The minimum atomic E-state index is -0.571. The van der Waals surface area contributed by atoms with Crippen LogP contribution in [-0.2, 0) is 6.61 Å². The van der Waals surface area contributed by atoms with E-state index < -0.39 is 11.6 Å². The fourth-order valence-electron chi connectivity index (χ4n) is 1.66. The van der Waals surface area contributed by atoms with E-state index in [1.165, 1.54) is 30.3 Å². The first kappa shape index (κ1) is 15.3. The van der Waals surface area contributed by atoms with Gasteiger partial charge in [-0.2, -0.15) is 0 Å². The summed E-state index contributed by atoms with van der Waals surface area (Å²) < 4.78 is 32.7. The van der Waals surface area contributed by atoms with Gasteiger partial charge in [-0.05, 0) is 24.3 Å². The second-order valence-corrected chi connectivity index (χ2v) is 4.56. The van der Waals surface area contributed by atoms with E-state index in [-0.39, 0.29) is 29.5 Å². The van der Waals surface area contributed by atoms with Gasteiger partial charge in [-0.3, -0.25) is 0 Å². The summed E-state index contributed by atoms with van der Waals surface area (Å²) in [6.45, 7) is 0.0817. The first-order valence-electron chi connectivity index (χ1n) is 6.16. The van der Waals surface area contributed by atoms with Crippen LogP contribution in [0.2, 0.25) is 5.02 Å². The lowest BCUT2D eigenvalue weighted by Gasteiger charge is -2.09. The Morgan fingerprint density at radius 3 is 2.76 bits per heavy atom. The molecule has 21 heavy (non-hydrogen) atoms. The molecular weight excluding hydrogens is 296 g/mol. The highest BCUT2D eigenvalue weighted by molar-refractivity contribution is 6.30. The lowest BCUT2D eigenvalue weighted by atomic mass is 10.2. The van der Waals surface area contributed by atoms with E-state index in [4.69, 9.17) is 22.1 Å². The van der Waals surface area contributed by atoms with Crippen LogP contribution in [0.4, 0.5) is 8.78 Å². The van der Waals surface area contributed by atoms with E-state index in [2.05, 4.69) is 11.8 Å². The van der Waals surface area contributed by atoms with Crippen LogP contribution in [0.5, 0.6) is 5.75 Å². The van der Waals surface area contributed by atoms with Gasteiger partial charge in [0.25, 0.3) is 0 Å². The highest BCUT2D eigenvalue weighted by Gasteiger charge is 2.09. The molecule has 0 heterocycles. The highest BCUT2D eigenvalue weighted by Crippen LogP contribution is 2.22. The summed E-state index contributed by atoms with van der Waals surface area (Å²) in [7, 11) is 0. The summed E-state index contributed by atoms with van der Waals surface area (Å²) in [5.41, 5.74) is 6.10. The van der Waals surface area contributed by atoms with Gasteiger partial charge in [0, 0.05) is 11.1 Å². The molecular formula is C16H12ClF2NO. The number of nitrogens with two attached hydrogens (primary N) is 1. The first-order chi connectivity index (χ1) is 10.1. The first-order valence-corrected chi connectivity index (χ1v) is 6.54. The van der Waals surface area contributed by atoms with Gasteiger partial charge in [0.1, 0.15) is 12.4 Å². The third kappa shape index (κ3) is 3.94. The second kappa shape index (κ2) is 7.07. The molecule has 108 valence electrons. The summed E-state index contributed by atoms with van der Waals surface area (Å²) in [6, 6.07) is 8.76. The fourth-order valence-corrected chi connectivity index (χ4v) is 1.85. The van der Waals surface area contributed by atoms with Crippen molar-refractivity contribution in [2.45, 2.75) is 6.61 Å². The molecule has 2 rings (SSSR count). The summed E-state index contributed by atoms with van der Waals surface area (Å²) in [5.74, 6) is 4.32. The Morgan fingerprint density at radius 2 is 2.00 bits per heavy atom. The second-order valence-electron chi connectivity index (χ2n) is 4.15. The molecule has 0 saturated carbocycles. The minimum Gasteiger partial charge on any atom is -0.486 e. The largest absolute Gasteiger partial charge is 0.486 e. The van der Waals surface area contributed by atoms with Crippen LogP contribution in [0.25, 0.3) is 0 Å². The van der Waals surface area contributed by atoms with E-state index in [0.29, 0.717) is 5.56 Å². The van der Waals surface area contributed by atoms with Gasteiger partial charge in [0.2, 0.25) is 0 Å². The molecule has 2 aromatic rings. The molecule has 5 heteroatoms. The molecule has 0 aliphatic rings. The van der Waals surface area contributed by atoms with Crippen molar-refractivity contribution in [3.8, 4) is 17.6 Å². The van der Waals surface area contributed by atoms with Gasteiger partial charge >= 0.3 is 0 Å². The van der Waals surface area contributed by atoms with Crippen molar-refractivity contribution < 1.29 is 13.5 Å². The van der Waals surface area contributed by atoms with Gasteiger partial charge in [0.15, 0.2) is 11.6 Å². The van der Waals surface area contributed by atoms with Crippen LogP contribution in [0.3, 0.4) is 0 Å². The SMILES string of the molecule is NCC#Cc1ccc(F)c(OCc2cccc(Cl)c2F)c1. The summed E-state index contributed by atoms with van der Waals surface area (Å²) >= 11 is 5.67. The van der Waals surface area contributed by atoms with Crippen LogP contribution >= 0.6 is 11.6 Å². The lowest BCUT2D eigenvalue weighted by Crippen LogP contribution is -2.01. The number of hydrogen-bond acceptors (Lipinski definition) is 2. The Morgan fingerprint density at radius 1 is 1.19 bits per heavy atom. The average Bonchev–Trinajstić information content (AvgIpc) is 2.49. The van der Waals surface area contributed by atoms with E-state index in [1.807, 2.05) is 0 Å². The monoisotopic (exact) mass is 307 g/mol. The standard InChI is InChI=1S/C16H12ClF2NO/c17-13-5-1-4-12(16(13)19)10-21-15-9-11(3-2-8-20)6-7-14(15)18/h1,4-7,9H,8,10,20H2.